The smallest absolute Gasteiger partial charge is 0.123 e. The van der Waals surface area contributed by atoms with Gasteiger partial charge in [-0.25, -0.2) is 4.39 Å². The number of fused-ring (bicyclic) bond motifs is 1. The largest absolute Gasteiger partial charge is 0.497 e. The van der Waals surface area contributed by atoms with Crippen LogP contribution in [0.4, 0.5) is 4.39 Å². The summed E-state index contributed by atoms with van der Waals surface area (Å²) in [6.45, 7) is 2.68. The standard InChI is InChI=1S/C18H15FN2O/c1-3-21-17-10-14(22-2)7-8-15(17)16(11-20)18(21)12-5-4-6-13(19)9-12/h4-10H,3H2,1-2H3. The molecule has 0 radical (unpaired) electrons. The first kappa shape index (κ1) is 14.2. The Kier molecular flexibility index (Phi) is 3.56. The van der Waals surface area contributed by atoms with Crippen LogP contribution in [-0.4, -0.2) is 11.7 Å². The van der Waals surface area contributed by atoms with Gasteiger partial charge >= 0.3 is 0 Å². The highest BCUT2D eigenvalue weighted by Crippen LogP contribution is 2.35. The summed E-state index contributed by atoms with van der Waals surface area (Å²) in [5.74, 6) is 0.418. The molecule has 110 valence electrons. The summed E-state index contributed by atoms with van der Waals surface area (Å²) in [7, 11) is 1.61. The molecule has 0 bridgehead atoms. The molecule has 4 heteroatoms. The molecular formula is C18H15FN2O. The Morgan fingerprint density at radius 2 is 2.05 bits per heavy atom. The molecule has 0 atom stereocenters. The number of benzene rings is 2. The molecule has 1 heterocycles. The number of nitrogens with zero attached hydrogens (tertiary/aromatic N) is 2. The van der Waals surface area contributed by atoms with Gasteiger partial charge in [-0.2, -0.15) is 5.26 Å². The van der Waals surface area contributed by atoms with Crippen LogP contribution in [0, 0.1) is 17.1 Å². The first-order valence-corrected chi connectivity index (χ1v) is 7.05. The Labute approximate surface area is 128 Å². The van der Waals surface area contributed by atoms with Crippen LogP contribution in [0.3, 0.4) is 0 Å². The van der Waals surface area contributed by atoms with Crippen LogP contribution < -0.4 is 4.74 Å². The van der Waals surface area contributed by atoms with Crippen molar-refractivity contribution in [3.8, 4) is 23.1 Å². The molecule has 0 unspecified atom stereocenters. The molecule has 0 saturated carbocycles. The molecule has 22 heavy (non-hydrogen) atoms. The van der Waals surface area contributed by atoms with Crippen LogP contribution in [-0.2, 0) is 6.54 Å². The van der Waals surface area contributed by atoms with Crippen molar-refractivity contribution >= 4 is 10.9 Å². The molecule has 0 amide bonds. The van der Waals surface area contributed by atoms with E-state index >= 15 is 0 Å². The van der Waals surface area contributed by atoms with Gasteiger partial charge in [0.2, 0.25) is 0 Å². The molecule has 0 aliphatic carbocycles. The third-order valence-corrected chi connectivity index (χ3v) is 3.80. The molecule has 0 aliphatic heterocycles. The van der Waals surface area contributed by atoms with E-state index in [2.05, 4.69) is 6.07 Å². The molecule has 0 aliphatic rings. The maximum absolute atomic E-state index is 13.6. The number of ether oxygens (including phenoxy) is 1. The number of aryl methyl sites for hydroxylation is 1. The lowest BCUT2D eigenvalue weighted by Gasteiger charge is -2.09. The molecule has 1 aromatic heterocycles. The zero-order valence-corrected chi connectivity index (χ0v) is 12.4. The van der Waals surface area contributed by atoms with Crippen molar-refractivity contribution in [2.45, 2.75) is 13.5 Å². The molecule has 0 spiro atoms. The summed E-state index contributed by atoms with van der Waals surface area (Å²) in [5, 5.41) is 10.4. The second kappa shape index (κ2) is 5.53. The van der Waals surface area contributed by atoms with Gasteiger partial charge in [0.25, 0.3) is 0 Å². The fraction of sp³-hybridized carbons (Fsp3) is 0.167. The van der Waals surface area contributed by atoms with Gasteiger partial charge in [-0.1, -0.05) is 12.1 Å². The summed E-state index contributed by atoms with van der Waals surface area (Å²) in [5.41, 5.74) is 2.92. The Balaban J connectivity index is 2.40. The monoisotopic (exact) mass is 294 g/mol. The molecule has 3 nitrogen and oxygen atoms in total. The van der Waals surface area contributed by atoms with Crippen molar-refractivity contribution in [1.29, 1.82) is 5.26 Å². The second-order valence-electron chi connectivity index (χ2n) is 4.97. The number of methoxy groups -OCH3 is 1. The normalized spacial score (nSPS) is 10.6. The second-order valence-corrected chi connectivity index (χ2v) is 4.97. The Morgan fingerprint density at radius 3 is 2.68 bits per heavy atom. The molecule has 0 saturated heterocycles. The first-order valence-electron chi connectivity index (χ1n) is 7.05. The van der Waals surface area contributed by atoms with Crippen molar-refractivity contribution in [2.24, 2.45) is 0 Å². The minimum Gasteiger partial charge on any atom is -0.497 e. The van der Waals surface area contributed by atoms with Gasteiger partial charge < -0.3 is 9.30 Å². The summed E-state index contributed by atoms with van der Waals surface area (Å²) >= 11 is 0. The predicted molar refractivity (Wildman–Crippen MR) is 84.3 cm³/mol. The third-order valence-electron chi connectivity index (χ3n) is 3.80. The lowest BCUT2D eigenvalue weighted by Crippen LogP contribution is -1.98. The molecule has 0 N–H and O–H groups in total. The highest BCUT2D eigenvalue weighted by Gasteiger charge is 2.18. The average Bonchev–Trinajstić information content (AvgIpc) is 2.87. The number of nitriles is 1. The van der Waals surface area contributed by atoms with Crippen LogP contribution in [0.2, 0.25) is 0 Å². The molecule has 3 rings (SSSR count). The van der Waals surface area contributed by atoms with Crippen molar-refractivity contribution in [2.75, 3.05) is 7.11 Å². The van der Waals surface area contributed by atoms with Crippen LogP contribution >= 0.6 is 0 Å². The van der Waals surface area contributed by atoms with E-state index in [1.807, 2.05) is 35.8 Å². The Hall–Kier alpha value is -2.80. The van der Waals surface area contributed by atoms with E-state index in [-0.39, 0.29) is 5.82 Å². The van der Waals surface area contributed by atoms with Gasteiger partial charge in [-0.15, -0.1) is 0 Å². The molecular weight excluding hydrogens is 279 g/mol. The number of rotatable bonds is 3. The minimum absolute atomic E-state index is 0.313. The van der Waals surface area contributed by atoms with Gasteiger partial charge in [-0.05, 0) is 31.2 Å². The SMILES string of the molecule is CCn1c(-c2cccc(F)c2)c(C#N)c2ccc(OC)cc21. The average molecular weight is 294 g/mol. The number of hydrogen-bond donors (Lipinski definition) is 0. The third kappa shape index (κ3) is 2.11. The highest BCUT2D eigenvalue weighted by atomic mass is 19.1. The zero-order valence-electron chi connectivity index (χ0n) is 12.4. The quantitative estimate of drug-likeness (QED) is 0.720. The topological polar surface area (TPSA) is 38.0 Å². The van der Waals surface area contributed by atoms with E-state index in [9.17, 15) is 9.65 Å². The van der Waals surface area contributed by atoms with Gasteiger partial charge in [0.15, 0.2) is 0 Å². The van der Waals surface area contributed by atoms with E-state index in [4.69, 9.17) is 4.74 Å². The van der Waals surface area contributed by atoms with Gasteiger partial charge in [0.1, 0.15) is 17.6 Å². The van der Waals surface area contributed by atoms with Crippen LogP contribution in [0.25, 0.3) is 22.2 Å². The Bertz CT molecular complexity index is 890. The summed E-state index contributed by atoms with van der Waals surface area (Å²) < 4.78 is 20.9. The maximum Gasteiger partial charge on any atom is 0.123 e. The van der Waals surface area contributed by atoms with E-state index in [1.165, 1.54) is 12.1 Å². The number of aromatic nitrogens is 1. The van der Waals surface area contributed by atoms with Gasteiger partial charge in [-0.3, -0.25) is 0 Å². The number of hydrogen-bond acceptors (Lipinski definition) is 2. The highest BCUT2D eigenvalue weighted by molar-refractivity contribution is 5.95. The van der Waals surface area contributed by atoms with E-state index < -0.39 is 0 Å². The van der Waals surface area contributed by atoms with Crippen LogP contribution in [0.1, 0.15) is 12.5 Å². The van der Waals surface area contributed by atoms with Crippen LogP contribution in [0.5, 0.6) is 5.75 Å². The van der Waals surface area contributed by atoms with E-state index in [1.54, 1.807) is 13.2 Å². The van der Waals surface area contributed by atoms with Crippen molar-refractivity contribution in [3.63, 3.8) is 0 Å². The van der Waals surface area contributed by atoms with E-state index in [0.717, 1.165) is 22.3 Å². The van der Waals surface area contributed by atoms with Gasteiger partial charge in [0, 0.05) is 23.6 Å². The minimum atomic E-state index is -0.313. The van der Waals surface area contributed by atoms with Crippen molar-refractivity contribution in [3.05, 3.63) is 53.8 Å². The predicted octanol–water partition coefficient (Wildman–Crippen LogP) is 4.35. The van der Waals surface area contributed by atoms with Crippen LogP contribution in [0.15, 0.2) is 42.5 Å². The Morgan fingerprint density at radius 1 is 1.23 bits per heavy atom. The maximum atomic E-state index is 13.6. The summed E-state index contributed by atoms with van der Waals surface area (Å²) in [6.07, 6.45) is 0. The first-order chi connectivity index (χ1) is 10.7. The number of halogens is 1. The van der Waals surface area contributed by atoms with Crippen molar-refractivity contribution in [1.82, 2.24) is 4.57 Å². The lowest BCUT2D eigenvalue weighted by molar-refractivity contribution is 0.415. The van der Waals surface area contributed by atoms with Gasteiger partial charge in [0.05, 0.1) is 23.9 Å². The lowest BCUT2D eigenvalue weighted by atomic mass is 10.1. The summed E-state index contributed by atoms with van der Waals surface area (Å²) in [6, 6.07) is 14.2. The molecule has 0 fully saturated rings. The summed E-state index contributed by atoms with van der Waals surface area (Å²) in [4.78, 5) is 0. The zero-order chi connectivity index (χ0) is 15.7. The fourth-order valence-corrected chi connectivity index (χ4v) is 2.83. The van der Waals surface area contributed by atoms with E-state index in [0.29, 0.717) is 17.7 Å². The molecule has 2 aromatic carbocycles. The fourth-order valence-electron chi connectivity index (χ4n) is 2.83. The molecule has 3 aromatic rings. The van der Waals surface area contributed by atoms with Crippen molar-refractivity contribution < 1.29 is 9.13 Å².